The number of aryl methyl sites for hydroxylation is 1. The van der Waals surface area contributed by atoms with Crippen LogP contribution in [-0.2, 0) is 26.2 Å². The van der Waals surface area contributed by atoms with Crippen molar-refractivity contribution in [3.63, 3.8) is 0 Å². The number of nitrogens with one attached hydrogen (secondary N) is 1. The molecule has 1 N–H and O–H groups in total. The van der Waals surface area contributed by atoms with Crippen LogP contribution in [0.3, 0.4) is 0 Å². The maximum Gasteiger partial charge on any atom is 0.271 e. The molecule has 0 spiro atoms. The molecule has 0 bridgehead atoms. The summed E-state index contributed by atoms with van der Waals surface area (Å²) in [7, 11) is -2.78. The number of ether oxygens (including phenoxy) is 1. The first-order chi connectivity index (χ1) is 17.9. The standard InChI is InChI=1S/C26H34N4O7S/c1-18-9-11-20(12-10-18)16-28(19(2)26(32)27-21-7-5-6-8-21)25(31)17-29(38(4,35)36)23-15-22(30(33)34)13-14-24(23)37-3/h9-15,19,21H,5-8,16-17H2,1-4H3,(H,27,32)/t19-/m0/s1. The third kappa shape index (κ3) is 7.21. The zero-order valence-electron chi connectivity index (χ0n) is 22.0. The summed E-state index contributed by atoms with van der Waals surface area (Å²) in [4.78, 5) is 38.9. The van der Waals surface area contributed by atoms with Crippen LogP contribution in [0.5, 0.6) is 5.75 Å². The lowest BCUT2D eigenvalue weighted by Gasteiger charge is -2.32. The fourth-order valence-electron chi connectivity index (χ4n) is 4.45. The van der Waals surface area contributed by atoms with Gasteiger partial charge in [-0.15, -0.1) is 0 Å². The lowest BCUT2D eigenvalue weighted by molar-refractivity contribution is -0.384. The first-order valence-corrected chi connectivity index (χ1v) is 14.2. The van der Waals surface area contributed by atoms with Gasteiger partial charge in [0.1, 0.15) is 24.0 Å². The molecule has 0 saturated heterocycles. The lowest BCUT2D eigenvalue weighted by atomic mass is 10.1. The Kier molecular flexibility index (Phi) is 9.31. The molecule has 2 amide bonds. The average molecular weight is 547 g/mol. The summed E-state index contributed by atoms with van der Waals surface area (Å²) >= 11 is 0. The second-order valence-electron chi connectivity index (χ2n) is 9.56. The number of carbonyl (C=O) groups excluding carboxylic acids is 2. The van der Waals surface area contributed by atoms with Crippen LogP contribution in [0.4, 0.5) is 11.4 Å². The van der Waals surface area contributed by atoms with E-state index in [1.165, 1.54) is 24.1 Å². The normalized spacial score (nSPS) is 14.5. The smallest absolute Gasteiger partial charge is 0.271 e. The number of hydrogen-bond acceptors (Lipinski definition) is 7. The number of non-ortho nitro benzene ring substituents is 1. The third-order valence-electron chi connectivity index (χ3n) is 6.66. The van der Waals surface area contributed by atoms with Crippen LogP contribution >= 0.6 is 0 Å². The zero-order valence-corrected chi connectivity index (χ0v) is 22.9. The fraction of sp³-hybridized carbons (Fsp3) is 0.462. The van der Waals surface area contributed by atoms with E-state index in [4.69, 9.17) is 4.74 Å². The summed E-state index contributed by atoms with van der Waals surface area (Å²) in [6.07, 6.45) is 4.70. The van der Waals surface area contributed by atoms with Crippen LogP contribution in [0.25, 0.3) is 0 Å². The Balaban J connectivity index is 1.96. The molecule has 11 nitrogen and oxygen atoms in total. The van der Waals surface area contributed by atoms with E-state index < -0.39 is 33.4 Å². The van der Waals surface area contributed by atoms with Gasteiger partial charge >= 0.3 is 0 Å². The van der Waals surface area contributed by atoms with Crippen LogP contribution in [-0.4, -0.2) is 62.0 Å². The number of methoxy groups -OCH3 is 1. The minimum absolute atomic E-state index is 0.0444. The summed E-state index contributed by atoms with van der Waals surface area (Å²) < 4.78 is 31.7. The Bertz CT molecular complexity index is 1280. The number of hydrogen-bond donors (Lipinski definition) is 1. The number of benzene rings is 2. The van der Waals surface area contributed by atoms with Crippen molar-refractivity contribution in [2.45, 2.75) is 58.2 Å². The zero-order chi connectivity index (χ0) is 28.0. The van der Waals surface area contributed by atoms with Crippen molar-refractivity contribution in [2.75, 3.05) is 24.2 Å². The highest BCUT2D eigenvalue weighted by atomic mass is 32.2. The van der Waals surface area contributed by atoms with Gasteiger partial charge in [0.2, 0.25) is 21.8 Å². The Hall–Kier alpha value is -3.67. The Morgan fingerprint density at radius 3 is 2.34 bits per heavy atom. The fourth-order valence-corrected chi connectivity index (χ4v) is 5.29. The van der Waals surface area contributed by atoms with E-state index in [2.05, 4.69) is 5.32 Å². The second kappa shape index (κ2) is 12.2. The van der Waals surface area contributed by atoms with E-state index in [-0.39, 0.29) is 35.6 Å². The lowest BCUT2D eigenvalue weighted by Crippen LogP contribution is -2.52. The summed E-state index contributed by atoms with van der Waals surface area (Å²) in [5, 5.41) is 14.4. The van der Waals surface area contributed by atoms with Gasteiger partial charge in [-0.2, -0.15) is 0 Å². The van der Waals surface area contributed by atoms with Crippen LogP contribution < -0.4 is 14.4 Å². The maximum atomic E-state index is 13.7. The average Bonchev–Trinajstić information content (AvgIpc) is 3.38. The van der Waals surface area contributed by atoms with Gasteiger partial charge in [-0.3, -0.25) is 24.0 Å². The topological polar surface area (TPSA) is 139 Å². The Labute approximate surface area is 223 Å². The molecule has 0 radical (unpaired) electrons. The van der Waals surface area contributed by atoms with Crippen molar-refractivity contribution in [1.82, 2.24) is 10.2 Å². The van der Waals surface area contributed by atoms with Gasteiger partial charge in [-0.1, -0.05) is 42.7 Å². The van der Waals surface area contributed by atoms with Crippen molar-refractivity contribution in [1.29, 1.82) is 0 Å². The molecule has 2 aromatic carbocycles. The number of amides is 2. The molecule has 2 aromatic rings. The molecule has 1 saturated carbocycles. The van der Waals surface area contributed by atoms with Gasteiger partial charge in [-0.05, 0) is 38.3 Å². The molecule has 1 aliphatic carbocycles. The molecular formula is C26H34N4O7S. The van der Waals surface area contributed by atoms with Gasteiger partial charge in [0.05, 0.1) is 18.3 Å². The predicted molar refractivity (Wildman–Crippen MR) is 143 cm³/mol. The van der Waals surface area contributed by atoms with Crippen molar-refractivity contribution in [3.8, 4) is 5.75 Å². The summed E-state index contributed by atoms with van der Waals surface area (Å²) in [5.74, 6) is -0.916. The third-order valence-corrected chi connectivity index (χ3v) is 7.79. The van der Waals surface area contributed by atoms with E-state index in [0.29, 0.717) is 0 Å². The SMILES string of the molecule is COc1ccc([N+](=O)[O-])cc1N(CC(=O)N(Cc1ccc(C)cc1)[C@@H](C)C(=O)NC1CCCC1)S(C)(=O)=O. The number of rotatable bonds is 11. The van der Waals surface area contributed by atoms with Gasteiger partial charge in [0.15, 0.2) is 0 Å². The van der Waals surface area contributed by atoms with Crippen molar-refractivity contribution < 1.29 is 27.7 Å². The predicted octanol–water partition coefficient (Wildman–Crippen LogP) is 3.15. The van der Waals surface area contributed by atoms with Crippen molar-refractivity contribution in [3.05, 3.63) is 63.7 Å². The minimum Gasteiger partial charge on any atom is -0.495 e. The van der Waals surface area contributed by atoms with E-state index in [1.807, 2.05) is 31.2 Å². The summed E-state index contributed by atoms with van der Waals surface area (Å²) in [5.41, 5.74) is 1.29. The number of carbonyl (C=O) groups is 2. The van der Waals surface area contributed by atoms with E-state index in [0.717, 1.165) is 53.4 Å². The molecule has 38 heavy (non-hydrogen) atoms. The van der Waals surface area contributed by atoms with Crippen LogP contribution in [0.2, 0.25) is 0 Å². The number of nitro benzene ring substituents is 1. The van der Waals surface area contributed by atoms with Crippen LogP contribution in [0.15, 0.2) is 42.5 Å². The quantitative estimate of drug-likeness (QED) is 0.337. The van der Waals surface area contributed by atoms with Gasteiger partial charge < -0.3 is 15.0 Å². The van der Waals surface area contributed by atoms with Gasteiger partial charge in [-0.25, -0.2) is 8.42 Å². The second-order valence-corrected chi connectivity index (χ2v) is 11.5. The Morgan fingerprint density at radius 2 is 1.79 bits per heavy atom. The van der Waals surface area contributed by atoms with E-state index >= 15 is 0 Å². The van der Waals surface area contributed by atoms with Gasteiger partial charge in [0.25, 0.3) is 5.69 Å². The number of nitrogens with zero attached hydrogens (tertiary/aromatic N) is 3. The highest BCUT2D eigenvalue weighted by molar-refractivity contribution is 7.92. The highest BCUT2D eigenvalue weighted by Gasteiger charge is 2.32. The van der Waals surface area contributed by atoms with E-state index in [9.17, 15) is 28.1 Å². The molecule has 1 aliphatic rings. The Morgan fingerprint density at radius 1 is 1.16 bits per heavy atom. The molecule has 0 unspecified atom stereocenters. The molecule has 1 fully saturated rings. The summed E-state index contributed by atoms with van der Waals surface area (Å²) in [6.45, 7) is 2.93. The molecule has 206 valence electrons. The molecule has 0 aromatic heterocycles. The molecule has 3 rings (SSSR count). The molecule has 0 aliphatic heterocycles. The number of nitro groups is 1. The van der Waals surface area contributed by atoms with Gasteiger partial charge in [0, 0.05) is 24.7 Å². The van der Waals surface area contributed by atoms with Crippen LogP contribution in [0, 0.1) is 17.0 Å². The monoisotopic (exact) mass is 546 g/mol. The minimum atomic E-state index is -4.08. The highest BCUT2D eigenvalue weighted by Crippen LogP contribution is 2.34. The van der Waals surface area contributed by atoms with Crippen molar-refractivity contribution >= 4 is 33.2 Å². The van der Waals surface area contributed by atoms with Crippen molar-refractivity contribution in [2.24, 2.45) is 0 Å². The summed E-state index contributed by atoms with van der Waals surface area (Å²) in [6, 6.07) is 10.1. The van der Waals surface area contributed by atoms with Crippen LogP contribution in [0.1, 0.15) is 43.7 Å². The molecule has 0 heterocycles. The molecule has 12 heteroatoms. The first-order valence-electron chi connectivity index (χ1n) is 12.4. The molecular weight excluding hydrogens is 512 g/mol. The van der Waals surface area contributed by atoms with E-state index in [1.54, 1.807) is 6.92 Å². The first kappa shape index (κ1) is 28.9. The number of sulfonamides is 1. The maximum absolute atomic E-state index is 13.7. The number of anilines is 1. The largest absolute Gasteiger partial charge is 0.495 e. The molecule has 1 atom stereocenters.